The van der Waals surface area contributed by atoms with Gasteiger partial charge in [0.1, 0.15) is 0 Å². The summed E-state index contributed by atoms with van der Waals surface area (Å²) in [7, 11) is 0. The van der Waals surface area contributed by atoms with Crippen molar-refractivity contribution in [3.05, 3.63) is 89.7 Å². The number of hydrogen-bond acceptors (Lipinski definition) is 6. The fourth-order valence-electron chi connectivity index (χ4n) is 4.79. The summed E-state index contributed by atoms with van der Waals surface area (Å²) in [6, 6.07) is 16.8. The van der Waals surface area contributed by atoms with E-state index >= 15 is 0 Å². The van der Waals surface area contributed by atoms with E-state index in [1.807, 2.05) is 42.2 Å². The van der Waals surface area contributed by atoms with E-state index in [4.69, 9.17) is 0 Å². The number of carboxylic acid groups (broad SMARTS) is 1. The molecule has 3 aromatic rings. The molecule has 1 aliphatic heterocycles. The lowest BCUT2D eigenvalue weighted by molar-refractivity contribution is -0.137. The lowest BCUT2D eigenvalue weighted by Gasteiger charge is -2.37. The predicted octanol–water partition coefficient (Wildman–Crippen LogP) is 3.45. The molecule has 4 rings (SSSR count). The molecule has 2 aromatic carbocycles. The Morgan fingerprint density at radius 2 is 1.74 bits per heavy atom. The molecule has 4 N–H and O–H groups in total. The van der Waals surface area contributed by atoms with Crippen molar-refractivity contribution in [1.82, 2.24) is 20.5 Å². The van der Waals surface area contributed by atoms with E-state index in [-0.39, 0.29) is 17.9 Å². The first-order valence-corrected chi connectivity index (χ1v) is 14.0. The van der Waals surface area contributed by atoms with Crippen LogP contribution in [0.25, 0.3) is 0 Å². The molecule has 0 aliphatic carbocycles. The number of pyridine rings is 1. The van der Waals surface area contributed by atoms with Gasteiger partial charge in [0.15, 0.2) is 0 Å². The van der Waals surface area contributed by atoms with Crippen LogP contribution in [0, 0.1) is 0 Å². The minimum Gasteiger partial charge on any atom is -0.481 e. The van der Waals surface area contributed by atoms with Gasteiger partial charge >= 0.3 is 12.0 Å². The summed E-state index contributed by atoms with van der Waals surface area (Å²) in [6.45, 7) is 4.60. The van der Waals surface area contributed by atoms with Crippen molar-refractivity contribution < 1.29 is 24.3 Å². The number of aliphatic carboxylic acids is 1. The average Bonchev–Trinajstić information content (AvgIpc) is 3.00. The summed E-state index contributed by atoms with van der Waals surface area (Å²) < 4.78 is 0. The van der Waals surface area contributed by atoms with Gasteiger partial charge in [0.2, 0.25) is 5.91 Å². The Morgan fingerprint density at radius 3 is 2.40 bits per heavy atom. The number of carbonyl (C=O) groups excluding carboxylic acids is 3. The predicted molar refractivity (Wildman–Crippen MR) is 159 cm³/mol. The fourth-order valence-corrected chi connectivity index (χ4v) is 4.79. The maximum Gasteiger partial charge on any atom is 0.319 e. The highest BCUT2D eigenvalue weighted by atomic mass is 16.4. The monoisotopic (exact) mass is 572 g/mol. The zero-order chi connectivity index (χ0) is 29.9. The molecular weight excluding hydrogens is 536 g/mol. The van der Waals surface area contributed by atoms with E-state index in [1.165, 1.54) is 6.20 Å². The normalized spacial score (nSPS) is 13.6. The van der Waals surface area contributed by atoms with Gasteiger partial charge in [-0.1, -0.05) is 43.3 Å². The number of urea groups is 1. The third-order valence-corrected chi connectivity index (χ3v) is 6.98. The molecule has 1 fully saturated rings. The Bertz CT molecular complexity index is 1380. The number of nitrogens with one attached hydrogen (secondary N) is 3. The van der Waals surface area contributed by atoms with Gasteiger partial charge in [0.05, 0.1) is 30.3 Å². The van der Waals surface area contributed by atoms with Crippen LogP contribution in [0.2, 0.25) is 0 Å². The molecule has 42 heavy (non-hydrogen) atoms. The van der Waals surface area contributed by atoms with Gasteiger partial charge in [-0.05, 0) is 41.8 Å². The summed E-state index contributed by atoms with van der Waals surface area (Å²) in [5, 5.41) is 17.8. The highest BCUT2D eigenvalue weighted by molar-refractivity contribution is 6.00. The standard InChI is InChI=1S/C31H36N6O5/c1-2-12-33-31(42)35-26-19-23(30(41)34-25(20-29(39)40)24-9-6-13-32-21-24)10-11-27(26)36-14-16-37(17-15-36)28(38)18-22-7-4-3-5-8-22/h3-11,13,19,21,25H,2,12,14-18,20H2,1H3,(H,34,41)(H,39,40)(H2,33,35,42). The number of nitrogens with zero attached hydrogens (tertiary/aromatic N) is 3. The third-order valence-electron chi connectivity index (χ3n) is 6.98. The Balaban J connectivity index is 1.50. The second-order valence-corrected chi connectivity index (χ2v) is 10.1. The van der Waals surface area contributed by atoms with Gasteiger partial charge < -0.3 is 30.9 Å². The van der Waals surface area contributed by atoms with Crippen molar-refractivity contribution in [2.75, 3.05) is 42.9 Å². The van der Waals surface area contributed by atoms with Gasteiger partial charge in [-0.15, -0.1) is 0 Å². The van der Waals surface area contributed by atoms with Crippen LogP contribution < -0.4 is 20.9 Å². The molecule has 4 amide bonds. The molecule has 1 atom stereocenters. The molecule has 0 spiro atoms. The number of carbonyl (C=O) groups is 4. The van der Waals surface area contributed by atoms with Crippen molar-refractivity contribution in [3.8, 4) is 0 Å². The van der Waals surface area contributed by atoms with E-state index in [2.05, 4.69) is 25.8 Å². The number of carboxylic acids is 1. The van der Waals surface area contributed by atoms with Crippen molar-refractivity contribution in [3.63, 3.8) is 0 Å². The van der Waals surface area contributed by atoms with E-state index in [0.29, 0.717) is 50.4 Å². The molecule has 0 bridgehead atoms. The second kappa shape index (κ2) is 14.6. The first kappa shape index (κ1) is 30.0. The van der Waals surface area contributed by atoms with Crippen molar-refractivity contribution in [2.24, 2.45) is 0 Å². The number of piperazine rings is 1. The number of benzene rings is 2. The Labute approximate surface area is 244 Å². The summed E-state index contributed by atoms with van der Waals surface area (Å²) in [5.74, 6) is -1.48. The van der Waals surface area contributed by atoms with Crippen LogP contribution in [0.4, 0.5) is 16.2 Å². The first-order valence-electron chi connectivity index (χ1n) is 14.0. The Hall–Kier alpha value is -4.93. The van der Waals surface area contributed by atoms with Crippen LogP contribution in [-0.4, -0.2) is 71.5 Å². The number of aromatic nitrogens is 1. The lowest BCUT2D eigenvalue weighted by atomic mass is 10.0. The SMILES string of the molecule is CCCNC(=O)Nc1cc(C(=O)NC(CC(=O)O)c2cccnc2)ccc1N1CCN(C(=O)Cc2ccccc2)CC1. The van der Waals surface area contributed by atoms with Gasteiger partial charge in [0.25, 0.3) is 5.91 Å². The van der Waals surface area contributed by atoms with E-state index < -0.39 is 23.9 Å². The molecule has 2 heterocycles. The van der Waals surface area contributed by atoms with Gasteiger partial charge in [-0.3, -0.25) is 19.4 Å². The molecule has 1 aromatic heterocycles. The molecule has 220 valence electrons. The molecule has 1 aliphatic rings. The van der Waals surface area contributed by atoms with E-state index in [0.717, 1.165) is 17.7 Å². The van der Waals surface area contributed by atoms with Gasteiger partial charge in [-0.25, -0.2) is 4.79 Å². The molecule has 11 heteroatoms. The van der Waals surface area contributed by atoms with Crippen LogP contribution in [0.15, 0.2) is 73.1 Å². The quantitative estimate of drug-likeness (QED) is 0.276. The molecule has 1 saturated heterocycles. The average molecular weight is 573 g/mol. The molecule has 0 saturated carbocycles. The summed E-state index contributed by atoms with van der Waals surface area (Å²) in [6.07, 6.45) is 3.89. The van der Waals surface area contributed by atoms with E-state index in [1.54, 1.807) is 36.5 Å². The zero-order valence-electron chi connectivity index (χ0n) is 23.6. The second-order valence-electron chi connectivity index (χ2n) is 10.1. The molecule has 0 radical (unpaired) electrons. The third kappa shape index (κ3) is 8.29. The highest BCUT2D eigenvalue weighted by Gasteiger charge is 2.25. The topological polar surface area (TPSA) is 144 Å². The number of rotatable bonds is 11. The summed E-state index contributed by atoms with van der Waals surface area (Å²) in [5.41, 5.74) is 2.97. The van der Waals surface area contributed by atoms with Crippen molar-refractivity contribution in [1.29, 1.82) is 0 Å². The Kier molecular flexibility index (Phi) is 10.5. The first-order chi connectivity index (χ1) is 20.3. The van der Waals surface area contributed by atoms with Gasteiger partial charge in [0, 0.05) is 50.7 Å². The van der Waals surface area contributed by atoms with Crippen LogP contribution >= 0.6 is 0 Å². The fraction of sp³-hybridized carbons (Fsp3) is 0.323. The maximum atomic E-state index is 13.3. The van der Waals surface area contributed by atoms with Crippen LogP contribution in [0.5, 0.6) is 0 Å². The number of hydrogen-bond donors (Lipinski definition) is 4. The van der Waals surface area contributed by atoms with Crippen molar-refractivity contribution >= 4 is 35.2 Å². The highest BCUT2D eigenvalue weighted by Crippen LogP contribution is 2.29. The van der Waals surface area contributed by atoms with E-state index in [9.17, 15) is 24.3 Å². The molecule has 1 unspecified atom stereocenters. The Morgan fingerprint density at radius 1 is 0.976 bits per heavy atom. The minimum atomic E-state index is -1.06. The molecule has 11 nitrogen and oxygen atoms in total. The molecular formula is C31H36N6O5. The largest absolute Gasteiger partial charge is 0.481 e. The lowest BCUT2D eigenvalue weighted by Crippen LogP contribution is -2.49. The number of amides is 4. The van der Waals surface area contributed by atoms with Crippen molar-refractivity contribution in [2.45, 2.75) is 32.2 Å². The minimum absolute atomic E-state index is 0.0645. The van der Waals surface area contributed by atoms with Crippen LogP contribution in [0.3, 0.4) is 0 Å². The summed E-state index contributed by atoms with van der Waals surface area (Å²) in [4.78, 5) is 58.2. The summed E-state index contributed by atoms with van der Waals surface area (Å²) >= 11 is 0. The zero-order valence-corrected chi connectivity index (χ0v) is 23.6. The van der Waals surface area contributed by atoms with Crippen LogP contribution in [-0.2, 0) is 16.0 Å². The maximum absolute atomic E-state index is 13.3. The van der Waals surface area contributed by atoms with Gasteiger partial charge in [-0.2, -0.15) is 0 Å². The number of anilines is 2. The smallest absolute Gasteiger partial charge is 0.319 e. The van der Waals surface area contributed by atoms with Crippen LogP contribution in [0.1, 0.15) is 47.3 Å².